The molecule has 0 aliphatic carbocycles. The molecule has 0 unspecified atom stereocenters. The van der Waals surface area contributed by atoms with Gasteiger partial charge in [0.15, 0.2) is 15.7 Å². The molecule has 5 N–H and O–H groups in total. The largest absolute Gasteiger partial charge is 0.481 e. The van der Waals surface area contributed by atoms with Gasteiger partial charge in [0.1, 0.15) is 29.1 Å². The fourth-order valence-corrected chi connectivity index (χ4v) is 5.39. The van der Waals surface area contributed by atoms with Crippen molar-refractivity contribution in [2.45, 2.75) is 77.2 Å². The van der Waals surface area contributed by atoms with Gasteiger partial charge in [-0.05, 0) is 29.9 Å². The van der Waals surface area contributed by atoms with E-state index >= 15 is 0 Å². The third-order valence-electron chi connectivity index (χ3n) is 7.24. The van der Waals surface area contributed by atoms with Gasteiger partial charge in [-0.15, -0.1) is 10.2 Å². The Morgan fingerprint density at radius 2 is 1.83 bits per heavy atom. The fourth-order valence-electron chi connectivity index (χ4n) is 4.83. The summed E-state index contributed by atoms with van der Waals surface area (Å²) in [5.74, 6) is -3.39. The Labute approximate surface area is 282 Å². The number of carboxylic acid groups (broad SMARTS) is 1. The van der Waals surface area contributed by atoms with Gasteiger partial charge in [0.05, 0.1) is 12.5 Å². The maximum Gasteiger partial charge on any atom is 0.408 e. The van der Waals surface area contributed by atoms with Crippen LogP contribution >= 0.6 is 11.6 Å². The Hall–Kier alpha value is -4.58. The number of tetrazole rings is 1. The molecule has 1 fully saturated rings. The van der Waals surface area contributed by atoms with Crippen LogP contribution in [0.5, 0.6) is 0 Å². The number of H-pyrrole nitrogens is 1. The number of aromatic amines is 1. The zero-order valence-electron chi connectivity index (χ0n) is 26.8. The van der Waals surface area contributed by atoms with E-state index < -0.39 is 80.0 Å². The smallest absolute Gasteiger partial charge is 0.408 e. The minimum atomic E-state index is -3.80. The molecular weight excluding hydrogens is 672 g/mol. The third-order valence-corrected chi connectivity index (χ3v) is 9.06. The lowest BCUT2D eigenvalue weighted by molar-refractivity contribution is -0.145. The number of sulfone groups is 1. The van der Waals surface area contributed by atoms with Gasteiger partial charge >= 0.3 is 12.1 Å². The number of benzene rings is 1. The number of carbonyl (C=O) groups is 5. The lowest BCUT2D eigenvalue weighted by Gasteiger charge is -2.36. The van der Waals surface area contributed by atoms with Crippen LogP contribution in [0.15, 0.2) is 40.8 Å². The van der Waals surface area contributed by atoms with Crippen molar-refractivity contribution in [3.63, 3.8) is 0 Å². The number of hydrogen-bond donors (Lipinski definition) is 5. The van der Waals surface area contributed by atoms with Crippen molar-refractivity contribution in [2.75, 3.05) is 12.8 Å². The summed E-state index contributed by atoms with van der Waals surface area (Å²) in [7, 11) is -3.80. The Morgan fingerprint density at radius 3 is 2.42 bits per heavy atom. The fraction of sp³-hybridized carbons (Fsp3) is 0.517. The predicted molar refractivity (Wildman–Crippen MR) is 171 cm³/mol. The van der Waals surface area contributed by atoms with Crippen molar-refractivity contribution in [1.82, 2.24) is 41.5 Å². The number of hydrogen-bond acceptors (Lipinski definition) is 11. The van der Waals surface area contributed by atoms with Gasteiger partial charge in [-0.25, -0.2) is 13.2 Å². The van der Waals surface area contributed by atoms with E-state index in [9.17, 15) is 37.5 Å². The van der Waals surface area contributed by atoms with Gasteiger partial charge in [0, 0.05) is 19.2 Å². The molecule has 1 aliphatic heterocycles. The SMILES string of the molecule is CC(C)(C)[C@@H](NC(=O)[C@H](CC(=O)O)NC(=O)OCc1ccccc1)C(=O)N1CCC[C@@H]1C(=O)N[C@H](/C=C(\Cl)S(C)(=O)=O)Cc1nn[nH]n1. The number of nitrogens with one attached hydrogen (secondary N) is 4. The minimum absolute atomic E-state index is 0.0684. The summed E-state index contributed by atoms with van der Waals surface area (Å²) in [5.41, 5.74) is -0.254. The Morgan fingerprint density at radius 1 is 1.15 bits per heavy atom. The van der Waals surface area contributed by atoms with Crippen LogP contribution in [-0.2, 0) is 46.8 Å². The Bertz CT molecular complexity index is 1600. The van der Waals surface area contributed by atoms with E-state index in [1.54, 1.807) is 51.1 Å². The van der Waals surface area contributed by atoms with Gasteiger partial charge < -0.3 is 30.7 Å². The second-order valence-corrected chi connectivity index (χ2v) is 14.9. The molecule has 262 valence electrons. The molecule has 2 heterocycles. The summed E-state index contributed by atoms with van der Waals surface area (Å²) in [6.45, 7) is 5.06. The molecule has 1 aliphatic rings. The number of likely N-dealkylation sites (tertiary alicyclic amines) is 1. The first-order chi connectivity index (χ1) is 22.5. The highest BCUT2D eigenvalue weighted by molar-refractivity contribution is 7.96. The van der Waals surface area contributed by atoms with Crippen molar-refractivity contribution >= 4 is 51.2 Å². The lowest BCUT2D eigenvalue weighted by Crippen LogP contribution is -2.60. The minimum Gasteiger partial charge on any atom is -0.481 e. The molecule has 48 heavy (non-hydrogen) atoms. The van der Waals surface area contributed by atoms with Gasteiger partial charge in [0.2, 0.25) is 17.7 Å². The highest BCUT2D eigenvalue weighted by atomic mass is 35.5. The second kappa shape index (κ2) is 16.5. The number of aromatic nitrogens is 4. The molecule has 1 aromatic carbocycles. The van der Waals surface area contributed by atoms with Crippen LogP contribution < -0.4 is 16.0 Å². The molecule has 17 nitrogen and oxygen atoms in total. The van der Waals surface area contributed by atoms with E-state index in [1.165, 1.54) is 4.90 Å². The van der Waals surface area contributed by atoms with E-state index in [0.29, 0.717) is 12.0 Å². The number of alkyl carbamates (subject to hydrolysis) is 1. The van der Waals surface area contributed by atoms with E-state index in [0.717, 1.165) is 12.3 Å². The van der Waals surface area contributed by atoms with E-state index in [2.05, 4.69) is 36.6 Å². The molecule has 0 radical (unpaired) electrons. The number of nitrogens with zero attached hydrogens (tertiary/aromatic N) is 4. The summed E-state index contributed by atoms with van der Waals surface area (Å²) < 4.78 is 28.5. The molecule has 4 atom stereocenters. The summed E-state index contributed by atoms with van der Waals surface area (Å²) in [6.07, 6.45) is 0.846. The van der Waals surface area contributed by atoms with Crippen molar-refractivity contribution in [3.8, 4) is 0 Å². The maximum absolute atomic E-state index is 14.0. The molecule has 0 bridgehead atoms. The quantitative estimate of drug-likeness (QED) is 0.181. The van der Waals surface area contributed by atoms with Crippen LogP contribution in [0, 0.1) is 5.41 Å². The first-order valence-corrected chi connectivity index (χ1v) is 17.1. The van der Waals surface area contributed by atoms with Crippen LogP contribution in [0.1, 0.15) is 51.4 Å². The number of halogens is 1. The van der Waals surface area contributed by atoms with Crippen LogP contribution in [0.2, 0.25) is 0 Å². The maximum atomic E-state index is 14.0. The highest BCUT2D eigenvalue weighted by Crippen LogP contribution is 2.26. The standard InChI is InChI=1S/C29H39ClN8O9S/c1-29(2,3)24(33-25(41)19(15-23(39)40)32-28(44)47-16-17-9-6-5-7-10-17)27(43)38-12-8-11-20(38)26(42)31-18(13-21(30)48(4,45)46)14-22-34-36-37-35-22/h5-7,9-10,13,18-20,24H,8,11-12,14-16H2,1-4H3,(H,31,42)(H,32,44)(H,33,41)(H,39,40)(H,34,35,36,37)/b21-13+/t18-,19+,20-,24+/m1/s1. The first-order valence-electron chi connectivity index (χ1n) is 14.9. The summed E-state index contributed by atoms with van der Waals surface area (Å²) in [6, 6.07) is 3.89. The summed E-state index contributed by atoms with van der Waals surface area (Å²) >= 11 is 5.97. The molecular formula is C29H39ClN8O9S. The van der Waals surface area contributed by atoms with Crippen LogP contribution in [0.25, 0.3) is 0 Å². The molecule has 1 aromatic heterocycles. The lowest BCUT2D eigenvalue weighted by atomic mass is 9.85. The van der Waals surface area contributed by atoms with E-state index in [-0.39, 0.29) is 31.8 Å². The predicted octanol–water partition coefficient (Wildman–Crippen LogP) is 0.643. The van der Waals surface area contributed by atoms with Crippen molar-refractivity contribution in [1.29, 1.82) is 0 Å². The van der Waals surface area contributed by atoms with Crippen molar-refractivity contribution in [2.24, 2.45) is 5.41 Å². The van der Waals surface area contributed by atoms with Gasteiger partial charge in [-0.2, -0.15) is 5.21 Å². The summed E-state index contributed by atoms with van der Waals surface area (Å²) in [5, 5.41) is 30.3. The molecule has 3 rings (SSSR count). The average Bonchev–Trinajstić information content (AvgIpc) is 3.70. The zero-order chi connectivity index (χ0) is 35.6. The van der Waals surface area contributed by atoms with Gasteiger partial charge in [-0.1, -0.05) is 67.9 Å². The topological polar surface area (TPSA) is 243 Å². The van der Waals surface area contributed by atoms with Crippen LogP contribution in [0.3, 0.4) is 0 Å². The van der Waals surface area contributed by atoms with Gasteiger partial charge in [-0.3, -0.25) is 19.2 Å². The van der Waals surface area contributed by atoms with Gasteiger partial charge in [0.25, 0.3) is 0 Å². The Kier molecular flexibility index (Phi) is 13.0. The van der Waals surface area contributed by atoms with Crippen molar-refractivity contribution < 1.29 is 42.2 Å². The van der Waals surface area contributed by atoms with E-state index in [4.69, 9.17) is 16.3 Å². The number of aliphatic carboxylic acids is 1. The molecule has 2 aromatic rings. The second-order valence-electron chi connectivity index (χ2n) is 12.2. The molecule has 19 heteroatoms. The molecule has 4 amide bonds. The zero-order valence-corrected chi connectivity index (χ0v) is 28.4. The number of rotatable bonds is 14. The average molecular weight is 711 g/mol. The molecule has 0 spiro atoms. The Balaban J connectivity index is 1.76. The normalized spacial score (nSPS) is 17.1. The van der Waals surface area contributed by atoms with Crippen LogP contribution in [-0.4, -0.2) is 106 Å². The third kappa shape index (κ3) is 11.3. The first kappa shape index (κ1) is 37.9. The highest BCUT2D eigenvalue weighted by Gasteiger charge is 2.43. The monoisotopic (exact) mass is 710 g/mol. The van der Waals surface area contributed by atoms with Crippen LogP contribution in [0.4, 0.5) is 4.79 Å². The van der Waals surface area contributed by atoms with E-state index in [1.807, 2.05) is 0 Å². The molecule has 1 saturated heterocycles. The molecule has 0 saturated carbocycles. The number of carboxylic acids is 1. The number of ether oxygens (including phenoxy) is 1. The number of carbonyl (C=O) groups excluding carboxylic acids is 4. The summed E-state index contributed by atoms with van der Waals surface area (Å²) in [4.78, 5) is 66.2. The van der Waals surface area contributed by atoms with Crippen molar-refractivity contribution in [3.05, 3.63) is 52.2 Å². The number of amides is 4.